The van der Waals surface area contributed by atoms with Gasteiger partial charge in [-0.3, -0.25) is 0 Å². The zero-order chi connectivity index (χ0) is 16.8. The van der Waals surface area contributed by atoms with Crippen LogP contribution in [0.5, 0.6) is 0 Å². The van der Waals surface area contributed by atoms with Crippen molar-refractivity contribution in [3.05, 3.63) is 0 Å². The Hall–Kier alpha value is -0.120. The van der Waals surface area contributed by atoms with Crippen molar-refractivity contribution in [3.63, 3.8) is 0 Å². The van der Waals surface area contributed by atoms with Gasteiger partial charge >= 0.3 is 0 Å². The highest BCUT2D eigenvalue weighted by molar-refractivity contribution is 4.87. The third-order valence-corrected chi connectivity index (χ3v) is 3.53. The molecule has 2 rings (SSSR count). The van der Waals surface area contributed by atoms with Crippen LogP contribution >= 0.6 is 0 Å². The minimum atomic E-state index is -2.63. The van der Waals surface area contributed by atoms with Gasteiger partial charge in [0.1, 0.15) is 0 Å². The average Bonchev–Trinajstić information content (AvgIpc) is 2.33. The van der Waals surface area contributed by atoms with E-state index in [0.717, 1.165) is 0 Å². The average molecular weight is 233 g/mol. The second-order valence-corrected chi connectivity index (χ2v) is 5.75. The molecule has 1 aliphatic carbocycles. The maximum Gasteiger partial charge on any atom is 0.168 e. The van der Waals surface area contributed by atoms with Crippen LogP contribution in [0.2, 0.25) is 0 Å². The van der Waals surface area contributed by atoms with Crippen LogP contribution in [0.4, 0.5) is 0 Å². The molecule has 94 valence electrons. The molecule has 0 aromatic carbocycles. The van der Waals surface area contributed by atoms with Crippen LogP contribution in [0.15, 0.2) is 0 Å². The molecule has 1 saturated carbocycles. The van der Waals surface area contributed by atoms with E-state index in [1.807, 2.05) is 0 Å². The van der Waals surface area contributed by atoms with E-state index in [4.69, 9.17) is 17.7 Å². The third kappa shape index (κ3) is 2.58. The number of hydrogen-bond donors (Lipinski definition) is 0. The maximum absolute atomic E-state index is 7.51. The van der Waals surface area contributed by atoms with Crippen LogP contribution in [-0.2, 0) is 9.47 Å². The fourth-order valence-corrected chi connectivity index (χ4v) is 2.33. The highest BCUT2D eigenvalue weighted by Crippen LogP contribution is 2.39. The molecule has 2 fully saturated rings. The lowest BCUT2D eigenvalue weighted by Crippen LogP contribution is -2.51. The Morgan fingerprint density at radius 1 is 1.12 bits per heavy atom. The van der Waals surface area contributed by atoms with E-state index in [2.05, 4.69) is 13.8 Å². The van der Waals surface area contributed by atoms with Crippen molar-refractivity contribution in [2.45, 2.75) is 51.4 Å². The largest absolute Gasteiger partial charge is 0.349 e. The zero-order valence-electron chi connectivity index (χ0n) is 16.1. The molecular formula is C13H25NO2. The van der Waals surface area contributed by atoms with Gasteiger partial charge in [-0.2, -0.15) is 0 Å². The summed E-state index contributed by atoms with van der Waals surface area (Å²) in [6.07, 6.45) is 1.93. The Morgan fingerprint density at radius 3 is 2.19 bits per heavy atom. The first-order valence-corrected chi connectivity index (χ1v) is 5.92. The van der Waals surface area contributed by atoms with Crippen molar-refractivity contribution in [1.82, 2.24) is 4.90 Å². The molecule has 0 aromatic rings. The first kappa shape index (κ1) is 6.72. The molecule has 0 unspecified atom stereocenters. The second kappa shape index (κ2) is 4.28. The summed E-state index contributed by atoms with van der Waals surface area (Å²) in [7, 11) is 0. The first-order chi connectivity index (χ1) is 9.85. The van der Waals surface area contributed by atoms with E-state index < -0.39 is 25.8 Å². The quantitative estimate of drug-likeness (QED) is 0.693. The van der Waals surface area contributed by atoms with Crippen molar-refractivity contribution in [2.24, 2.45) is 5.41 Å². The van der Waals surface area contributed by atoms with Crippen LogP contribution in [0.1, 0.15) is 47.8 Å². The van der Waals surface area contributed by atoms with Crippen molar-refractivity contribution in [2.75, 3.05) is 27.2 Å². The molecule has 16 heavy (non-hydrogen) atoms. The van der Waals surface area contributed by atoms with E-state index in [1.165, 1.54) is 0 Å². The summed E-state index contributed by atoms with van der Waals surface area (Å²) >= 11 is 0. The Balaban J connectivity index is 2.02. The van der Waals surface area contributed by atoms with Crippen LogP contribution in [0.25, 0.3) is 0 Å². The van der Waals surface area contributed by atoms with Gasteiger partial charge < -0.3 is 14.4 Å². The lowest BCUT2D eigenvalue weighted by atomic mass is 9.87. The zero-order valence-corrected chi connectivity index (χ0v) is 10.1. The molecule has 1 spiro atoms. The molecule has 3 heteroatoms. The molecule has 0 atom stereocenters. The summed E-state index contributed by atoms with van der Waals surface area (Å²) in [5, 5.41) is 0. The fourth-order valence-electron chi connectivity index (χ4n) is 2.33. The van der Waals surface area contributed by atoms with Crippen molar-refractivity contribution in [3.8, 4) is 0 Å². The van der Waals surface area contributed by atoms with E-state index in [-0.39, 0.29) is 5.41 Å². The number of hydrogen-bond acceptors (Lipinski definition) is 3. The normalized spacial score (nSPS) is 36.9. The number of nitrogens with zero attached hydrogens (tertiary/aromatic N) is 1. The molecule has 0 aromatic heterocycles. The molecule has 3 nitrogen and oxygen atoms in total. The van der Waals surface area contributed by atoms with E-state index in [0.29, 0.717) is 43.8 Å². The van der Waals surface area contributed by atoms with Gasteiger partial charge in [0.05, 0.1) is 13.2 Å². The summed E-state index contributed by atoms with van der Waals surface area (Å²) in [4.78, 5) is 0.694. The maximum atomic E-state index is 7.51. The lowest BCUT2D eigenvalue weighted by Gasteiger charge is -2.47. The van der Waals surface area contributed by atoms with Crippen LogP contribution in [-0.4, -0.2) is 43.9 Å². The van der Waals surface area contributed by atoms with Gasteiger partial charge in [0.25, 0.3) is 0 Å². The van der Waals surface area contributed by atoms with Crippen LogP contribution in [0.3, 0.4) is 0 Å². The molecule has 1 aliphatic heterocycles. The monoisotopic (exact) mass is 233 g/mol. The molecule has 0 radical (unpaired) electrons. The van der Waals surface area contributed by atoms with Gasteiger partial charge in [-0.1, -0.05) is 13.8 Å². The van der Waals surface area contributed by atoms with E-state index in [9.17, 15) is 0 Å². The van der Waals surface area contributed by atoms with E-state index >= 15 is 0 Å². The summed E-state index contributed by atoms with van der Waals surface area (Å²) in [5.41, 5.74) is -0.0223. The van der Waals surface area contributed by atoms with Crippen LogP contribution < -0.4 is 0 Å². The Morgan fingerprint density at radius 2 is 1.69 bits per heavy atom. The summed E-state index contributed by atoms with van der Waals surface area (Å²) in [5.74, 6) is -0.666. The minimum absolute atomic E-state index is 0.0223. The lowest BCUT2D eigenvalue weighted by molar-refractivity contribution is -0.312. The minimum Gasteiger partial charge on any atom is -0.349 e. The molecule has 2 aliphatic rings. The van der Waals surface area contributed by atoms with Gasteiger partial charge in [-0.25, -0.2) is 0 Å². The van der Waals surface area contributed by atoms with Crippen LogP contribution in [0, 0.1) is 5.41 Å². The molecule has 0 bridgehead atoms. The summed E-state index contributed by atoms with van der Waals surface area (Å²) < 4.78 is 56.8. The molecular weight excluding hydrogens is 202 g/mol. The smallest absolute Gasteiger partial charge is 0.168 e. The summed E-state index contributed by atoms with van der Waals surface area (Å²) in [6, 6.07) is -0.507. The molecule has 1 saturated heterocycles. The Labute approximate surface area is 108 Å². The van der Waals surface area contributed by atoms with Gasteiger partial charge in [0, 0.05) is 32.5 Å². The topological polar surface area (TPSA) is 21.7 Å². The number of rotatable bonds is 1. The Kier molecular flexibility index (Phi) is 1.80. The second-order valence-electron chi connectivity index (χ2n) is 5.75. The highest BCUT2D eigenvalue weighted by atomic mass is 16.7. The van der Waals surface area contributed by atoms with Crippen molar-refractivity contribution >= 4 is 0 Å². The van der Waals surface area contributed by atoms with Gasteiger partial charge in [-0.15, -0.1) is 0 Å². The number of ether oxygens (including phenoxy) is 2. The van der Waals surface area contributed by atoms with Gasteiger partial charge in [0.15, 0.2) is 5.79 Å². The standard InChI is InChI=1S/C13H25NO2/c1-12(2)9-15-13(16-10-12)7-5-11(6-8-13)14(3)4/h11H,5-10H2,1-4H3/i3D3,4D3. The van der Waals surface area contributed by atoms with Gasteiger partial charge in [0.2, 0.25) is 0 Å². The third-order valence-electron chi connectivity index (χ3n) is 3.53. The SMILES string of the molecule is [2H]C([2H])([2H])N(C1CCC2(CC1)OCC(C)(C)CO2)C([2H])([2H])[2H]. The predicted molar refractivity (Wildman–Crippen MR) is 64.4 cm³/mol. The molecule has 0 amide bonds. The van der Waals surface area contributed by atoms with E-state index in [1.54, 1.807) is 0 Å². The predicted octanol–water partition coefficient (Wildman–Crippen LogP) is 2.26. The summed E-state index contributed by atoms with van der Waals surface area (Å²) in [6.45, 7) is 0.0696. The van der Waals surface area contributed by atoms with Crippen molar-refractivity contribution < 1.29 is 17.7 Å². The van der Waals surface area contributed by atoms with Crippen molar-refractivity contribution in [1.29, 1.82) is 0 Å². The Bertz CT molecular complexity index is 372. The first-order valence-electron chi connectivity index (χ1n) is 8.92. The molecule has 1 heterocycles. The highest BCUT2D eigenvalue weighted by Gasteiger charge is 2.43. The fraction of sp³-hybridized carbons (Fsp3) is 1.00. The molecule has 0 N–H and O–H groups in total. The van der Waals surface area contributed by atoms with Gasteiger partial charge in [-0.05, 0) is 26.8 Å².